The standard InChI is InChI=1S/C7H12O2/c1-7(2)3-5(8)6(9)4-7/h5,8H,3-4H2,1-2H3/t5-/m1/s1. The van der Waals surface area contributed by atoms with Crippen LogP contribution in [0.25, 0.3) is 0 Å². The number of carbonyl (C=O) groups excluding carboxylic acids is 1. The number of aliphatic hydroxyl groups excluding tert-OH is 1. The summed E-state index contributed by atoms with van der Waals surface area (Å²) in [6, 6.07) is 0. The highest BCUT2D eigenvalue weighted by molar-refractivity contribution is 5.85. The van der Waals surface area contributed by atoms with Crippen LogP contribution in [0, 0.1) is 5.41 Å². The van der Waals surface area contributed by atoms with Crippen LogP contribution in [-0.2, 0) is 4.79 Å². The van der Waals surface area contributed by atoms with E-state index in [0.29, 0.717) is 12.8 Å². The van der Waals surface area contributed by atoms with E-state index in [1.807, 2.05) is 13.8 Å². The molecule has 1 atom stereocenters. The van der Waals surface area contributed by atoms with Crippen molar-refractivity contribution in [2.75, 3.05) is 0 Å². The first kappa shape index (κ1) is 6.75. The maximum atomic E-state index is 10.7. The number of ketones is 1. The number of aliphatic hydroxyl groups is 1. The first-order chi connectivity index (χ1) is 4.01. The lowest BCUT2D eigenvalue weighted by Crippen LogP contribution is -2.10. The highest BCUT2D eigenvalue weighted by Crippen LogP contribution is 2.34. The van der Waals surface area contributed by atoms with E-state index >= 15 is 0 Å². The van der Waals surface area contributed by atoms with E-state index in [4.69, 9.17) is 5.11 Å². The summed E-state index contributed by atoms with van der Waals surface area (Å²) in [4.78, 5) is 10.7. The lowest BCUT2D eigenvalue weighted by Gasteiger charge is -2.13. The number of hydrogen-bond donors (Lipinski definition) is 1. The zero-order valence-corrected chi connectivity index (χ0v) is 5.85. The maximum Gasteiger partial charge on any atom is 0.161 e. The van der Waals surface area contributed by atoms with Crippen molar-refractivity contribution >= 4 is 5.78 Å². The molecule has 0 aromatic heterocycles. The summed E-state index contributed by atoms with van der Waals surface area (Å²) in [5.74, 6) is 0.000000000000000222. The van der Waals surface area contributed by atoms with Gasteiger partial charge in [0.05, 0.1) is 0 Å². The van der Waals surface area contributed by atoms with Crippen LogP contribution < -0.4 is 0 Å². The average molecular weight is 128 g/mol. The quantitative estimate of drug-likeness (QED) is 0.522. The van der Waals surface area contributed by atoms with Crippen molar-refractivity contribution in [2.45, 2.75) is 32.8 Å². The highest BCUT2D eigenvalue weighted by Gasteiger charge is 2.36. The van der Waals surface area contributed by atoms with Gasteiger partial charge < -0.3 is 5.11 Å². The molecule has 0 saturated heterocycles. The molecule has 0 bridgehead atoms. The number of rotatable bonds is 0. The van der Waals surface area contributed by atoms with Gasteiger partial charge >= 0.3 is 0 Å². The van der Waals surface area contributed by atoms with Gasteiger partial charge in [0.1, 0.15) is 6.10 Å². The Hall–Kier alpha value is -0.370. The molecule has 9 heavy (non-hydrogen) atoms. The molecular formula is C7H12O2. The third-order valence-corrected chi connectivity index (χ3v) is 1.77. The van der Waals surface area contributed by atoms with Crippen molar-refractivity contribution in [3.05, 3.63) is 0 Å². The summed E-state index contributed by atoms with van der Waals surface area (Å²) >= 11 is 0. The van der Waals surface area contributed by atoms with Crippen LogP contribution in [0.1, 0.15) is 26.7 Å². The van der Waals surface area contributed by atoms with E-state index in [2.05, 4.69) is 0 Å². The molecule has 0 radical (unpaired) electrons. The molecule has 1 aliphatic rings. The van der Waals surface area contributed by atoms with Gasteiger partial charge in [-0.25, -0.2) is 0 Å². The largest absolute Gasteiger partial charge is 0.385 e. The van der Waals surface area contributed by atoms with Crippen molar-refractivity contribution < 1.29 is 9.90 Å². The number of Topliss-reactive ketones (excluding diaryl/α,β-unsaturated/α-hetero) is 1. The number of carbonyl (C=O) groups is 1. The van der Waals surface area contributed by atoms with Crippen LogP contribution >= 0.6 is 0 Å². The van der Waals surface area contributed by atoms with Crippen molar-refractivity contribution in [3.63, 3.8) is 0 Å². The Morgan fingerprint density at radius 3 is 2.33 bits per heavy atom. The van der Waals surface area contributed by atoms with Gasteiger partial charge in [-0.3, -0.25) is 4.79 Å². The fourth-order valence-corrected chi connectivity index (χ4v) is 1.30. The molecule has 0 aromatic carbocycles. The molecule has 0 heterocycles. The Kier molecular flexibility index (Phi) is 1.35. The molecule has 0 aromatic rings. The molecule has 0 unspecified atom stereocenters. The van der Waals surface area contributed by atoms with E-state index in [0.717, 1.165) is 0 Å². The second-order valence-electron chi connectivity index (χ2n) is 3.53. The summed E-state index contributed by atoms with van der Waals surface area (Å²) in [5, 5.41) is 8.98. The monoisotopic (exact) mass is 128 g/mol. The van der Waals surface area contributed by atoms with E-state index < -0.39 is 6.10 Å². The lowest BCUT2D eigenvalue weighted by molar-refractivity contribution is -0.124. The van der Waals surface area contributed by atoms with Gasteiger partial charge in [0.15, 0.2) is 5.78 Å². The smallest absolute Gasteiger partial charge is 0.161 e. The Morgan fingerprint density at radius 1 is 1.67 bits per heavy atom. The predicted octanol–water partition coefficient (Wildman–Crippen LogP) is 0.736. The molecule has 1 N–H and O–H groups in total. The molecule has 0 spiro atoms. The van der Waals surface area contributed by atoms with Gasteiger partial charge in [-0.05, 0) is 11.8 Å². The van der Waals surface area contributed by atoms with Crippen molar-refractivity contribution in [3.8, 4) is 0 Å². The zero-order chi connectivity index (χ0) is 7.07. The molecule has 1 rings (SSSR count). The van der Waals surface area contributed by atoms with Gasteiger partial charge in [0, 0.05) is 6.42 Å². The molecule has 2 heteroatoms. The van der Waals surface area contributed by atoms with Gasteiger partial charge in [-0.15, -0.1) is 0 Å². The number of hydrogen-bond acceptors (Lipinski definition) is 2. The van der Waals surface area contributed by atoms with E-state index in [1.165, 1.54) is 0 Å². The predicted molar refractivity (Wildman–Crippen MR) is 34.0 cm³/mol. The second kappa shape index (κ2) is 1.81. The lowest BCUT2D eigenvalue weighted by atomic mass is 9.92. The molecule has 1 fully saturated rings. The van der Waals surface area contributed by atoms with Crippen LogP contribution in [0.3, 0.4) is 0 Å². The molecule has 0 amide bonds. The highest BCUT2D eigenvalue weighted by atomic mass is 16.3. The minimum atomic E-state index is -0.681. The second-order valence-corrected chi connectivity index (χ2v) is 3.53. The Morgan fingerprint density at radius 2 is 2.22 bits per heavy atom. The Bertz CT molecular complexity index is 138. The van der Waals surface area contributed by atoms with Gasteiger partial charge in [-0.1, -0.05) is 13.8 Å². The first-order valence-corrected chi connectivity index (χ1v) is 3.22. The molecule has 1 saturated carbocycles. The SMILES string of the molecule is CC1(C)CC(=O)[C@H](O)C1. The third-order valence-electron chi connectivity index (χ3n) is 1.77. The van der Waals surface area contributed by atoms with Crippen molar-refractivity contribution in [2.24, 2.45) is 5.41 Å². The molecule has 0 aliphatic heterocycles. The van der Waals surface area contributed by atoms with Crippen LogP contribution in [0.2, 0.25) is 0 Å². The van der Waals surface area contributed by atoms with Crippen molar-refractivity contribution in [1.82, 2.24) is 0 Å². The Balaban J connectivity index is 2.65. The average Bonchev–Trinajstić information content (AvgIpc) is 1.79. The minimum absolute atomic E-state index is 0.000000000000000222. The minimum Gasteiger partial charge on any atom is -0.385 e. The van der Waals surface area contributed by atoms with Crippen LogP contribution in [0.15, 0.2) is 0 Å². The van der Waals surface area contributed by atoms with Crippen molar-refractivity contribution in [1.29, 1.82) is 0 Å². The van der Waals surface area contributed by atoms with E-state index in [1.54, 1.807) is 0 Å². The summed E-state index contributed by atoms with van der Waals surface area (Å²) in [6.07, 6.45) is 0.486. The topological polar surface area (TPSA) is 37.3 Å². The van der Waals surface area contributed by atoms with Gasteiger partial charge in [0.2, 0.25) is 0 Å². The van der Waals surface area contributed by atoms with Gasteiger partial charge in [0.25, 0.3) is 0 Å². The molecular weight excluding hydrogens is 116 g/mol. The third kappa shape index (κ3) is 1.30. The molecule has 2 nitrogen and oxygen atoms in total. The Labute approximate surface area is 54.9 Å². The summed E-state index contributed by atoms with van der Waals surface area (Å²) < 4.78 is 0. The first-order valence-electron chi connectivity index (χ1n) is 3.22. The summed E-state index contributed by atoms with van der Waals surface area (Å²) in [5.41, 5.74) is 0.0382. The molecule has 52 valence electrons. The van der Waals surface area contributed by atoms with E-state index in [-0.39, 0.29) is 11.2 Å². The van der Waals surface area contributed by atoms with E-state index in [9.17, 15) is 4.79 Å². The van der Waals surface area contributed by atoms with Crippen LogP contribution in [0.4, 0.5) is 0 Å². The fourth-order valence-electron chi connectivity index (χ4n) is 1.30. The van der Waals surface area contributed by atoms with Gasteiger partial charge in [-0.2, -0.15) is 0 Å². The molecule has 1 aliphatic carbocycles. The summed E-state index contributed by atoms with van der Waals surface area (Å²) in [6.45, 7) is 4.00. The summed E-state index contributed by atoms with van der Waals surface area (Å²) in [7, 11) is 0. The maximum absolute atomic E-state index is 10.7. The van der Waals surface area contributed by atoms with Crippen LogP contribution in [0.5, 0.6) is 0 Å². The zero-order valence-electron chi connectivity index (χ0n) is 5.85. The normalized spacial score (nSPS) is 33.2. The fraction of sp³-hybridized carbons (Fsp3) is 0.857. The van der Waals surface area contributed by atoms with Crippen LogP contribution in [-0.4, -0.2) is 17.0 Å².